The van der Waals surface area contributed by atoms with Crippen LogP contribution in [0.4, 0.5) is 0 Å². The molecule has 0 aliphatic carbocycles. The smallest absolute Gasteiger partial charge is 1.00 e. The number of allylic oxidation sites excluding steroid dienone is 4. The minimum Gasteiger partial charge on any atom is -1.00 e. The molecule has 5 heterocycles. The van der Waals surface area contributed by atoms with E-state index in [0.29, 0.717) is 22.8 Å². The molecule has 2 N–H and O–H groups in total. The fourth-order valence-electron chi connectivity index (χ4n) is 5.76. The van der Waals surface area contributed by atoms with E-state index in [9.17, 15) is 19.8 Å². The monoisotopic (exact) mass is 750 g/mol. The SMILES string of the molecule is C=Cc1c(C)c2cc3[nH]c(cc4nc(cc5nc(cc1[nH]2)C(C)=C5CCC(=O)[O-])C(CCC(=O)[O-])=C4C)c(C)c3C=C.[Cl-].[Cl-].[Sn+4]. The first-order valence-corrected chi connectivity index (χ1v) is 13.8. The molecule has 0 radical (unpaired) electrons. The Morgan fingerprint density at radius 1 is 0.667 bits per heavy atom. The topological polar surface area (TPSA) is 138 Å². The third-order valence-electron chi connectivity index (χ3n) is 8.20. The van der Waals surface area contributed by atoms with Crippen molar-refractivity contribution in [2.24, 2.45) is 0 Å². The Morgan fingerprint density at radius 2 is 1.04 bits per heavy atom. The summed E-state index contributed by atoms with van der Waals surface area (Å²) in [5.41, 5.74) is 13.3. The quantitative estimate of drug-likeness (QED) is 0.277. The number of aryl methyl sites for hydroxylation is 2. The van der Waals surface area contributed by atoms with Crippen molar-refractivity contribution in [2.75, 3.05) is 0 Å². The number of carboxylic acid groups (broad SMARTS) is 2. The van der Waals surface area contributed by atoms with Gasteiger partial charge in [-0.25, -0.2) is 9.97 Å². The van der Waals surface area contributed by atoms with Crippen LogP contribution in [-0.4, -0.2) is 55.8 Å². The zero-order valence-corrected chi connectivity index (χ0v) is 29.9. The zero-order chi connectivity index (χ0) is 30.3. The third-order valence-corrected chi connectivity index (χ3v) is 8.20. The van der Waals surface area contributed by atoms with Crippen LogP contribution in [-0.2, 0) is 9.59 Å². The van der Waals surface area contributed by atoms with Gasteiger partial charge < -0.3 is 54.6 Å². The molecule has 0 saturated carbocycles. The molecule has 0 fully saturated rings. The molecule has 0 spiro atoms. The number of rotatable bonds is 8. The van der Waals surface area contributed by atoms with E-state index in [1.165, 1.54) is 0 Å². The zero-order valence-electron chi connectivity index (χ0n) is 25.5. The number of H-pyrrole nitrogens is 2. The fourth-order valence-corrected chi connectivity index (χ4v) is 5.76. The average molecular weight is 750 g/mol. The number of nitrogens with zero attached hydrogens (tertiary/aromatic N) is 2. The van der Waals surface area contributed by atoms with E-state index in [4.69, 9.17) is 9.97 Å². The van der Waals surface area contributed by atoms with E-state index >= 15 is 0 Å². The van der Waals surface area contributed by atoms with Crippen molar-refractivity contribution in [2.45, 2.75) is 53.4 Å². The van der Waals surface area contributed by atoms with E-state index in [1.807, 2.05) is 58.0 Å². The summed E-state index contributed by atoms with van der Waals surface area (Å²) in [6.45, 7) is 16.0. The van der Waals surface area contributed by atoms with E-state index in [1.54, 1.807) is 6.08 Å². The number of hydrogen-bond acceptors (Lipinski definition) is 6. The molecule has 0 aromatic carbocycles. The molecular formula is C34H32Cl2N4O4Sn. The van der Waals surface area contributed by atoms with E-state index in [2.05, 4.69) is 23.1 Å². The molecule has 0 amide bonds. The van der Waals surface area contributed by atoms with Crippen LogP contribution in [0.3, 0.4) is 0 Å². The number of carboxylic acids is 2. The van der Waals surface area contributed by atoms with Crippen molar-refractivity contribution < 1.29 is 44.6 Å². The van der Waals surface area contributed by atoms with E-state index in [-0.39, 0.29) is 74.4 Å². The maximum absolute atomic E-state index is 11.4. The van der Waals surface area contributed by atoms with Gasteiger partial charge in [-0.2, -0.15) is 0 Å². The summed E-state index contributed by atoms with van der Waals surface area (Å²) in [6, 6.07) is 7.78. The van der Waals surface area contributed by atoms with Crippen LogP contribution in [0.5, 0.6) is 0 Å². The largest absolute Gasteiger partial charge is 4.00 e. The molecule has 2 aliphatic rings. The summed E-state index contributed by atoms with van der Waals surface area (Å²) < 4.78 is 0. The first-order valence-electron chi connectivity index (χ1n) is 13.8. The van der Waals surface area contributed by atoms with Crippen LogP contribution in [0.15, 0.2) is 37.4 Å². The van der Waals surface area contributed by atoms with Gasteiger partial charge in [-0.1, -0.05) is 25.3 Å². The van der Waals surface area contributed by atoms with Gasteiger partial charge in [0.05, 0.1) is 22.8 Å². The Balaban J connectivity index is 0.00000235. The summed E-state index contributed by atoms with van der Waals surface area (Å²) in [5.74, 6) is -2.29. The maximum atomic E-state index is 11.4. The first-order chi connectivity index (χ1) is 20.0. The first kappa shape index (κ1) is 37.6. The molecule has 3 aromatic rings. The van der Waals surface area contributed by atoms with Crippen LogP contribution in [0.2, 0.25) is 0 Å². The molecule has 8 bridgehead atoms. The number of nitrogens with one attached hydrogen (secondary N) is 2. The van der Waals surface area contributed by atoms with Crippen molar-refractivity contribution in [1.29, 1.82) is 0 Å². The van der Waals surface area contributed by atoms with Gasteiger partial charge in [0.1, 0.15) is 0 Å². The molecule has 230 valence electrons. The van der Waals surface area contributed by atoms with Crippen LogP contribution >= 0.6 is 0 Å². The second-order valence-electron chi connectivity index (χ2n) is 10.7. The third kappa shape index (κ3) is 7.29. The van der Waals surface area contributed by atoms with Gasteiger partial charge in [0.2, 0.25) is 0 Å². The van der Waals surface area contributed by atoms with Gasteiger partial charge in [0, 0.05) is 45.1 Å². The number of aliphatic carboxylic acids is 2. The Bertz CT molecular complexity index is 1940. The molecule has 8 nitrogen and oxygen atoms in total. The molecule has 0 saturated heterocycles. The number of halogens is 2. The van der Waals surface area contributed by atoms with Gasteiger partial charge in [-0.05, 0) is 111 Å². The summed E-state index contributed by atoms with van der Waals surface area (Å²) in [7, 11) is 0. The van der Waals surface area contributed by atoms with E-state index in [0.717, 1.165) is 66.6 Å². The number of carbonyl (C=O) groups is 2. The van der Waals surface area contributed by atoms with Gasteiger partial charge in [-0.15, -0.1) is 0 Å². The minimum absolute atomic E-state index is 0. The van der Waals surface area contributed by atoms with Gasteiger partial charge in [0.25, 0.3) is 0 Å². The van der Waals surface area contributed by atoms with E-state index < -0.39 is 11.9 Å². The van der Waals surface area contributed by atoms with Gasteiger partial charge in [0.15, 0.2) is 0 Å². The Kier molecular flexibility index (Phi) is 12.6. The predicted octanol–water partition coefficient (Wildman–Crippen LogP) is -1.23. The molecule has 45 heavy (non-hydrogen) atoms. The second-order valence-corrected chi connectivity index (χ2v) is 10.7. The van der Waals surface area contributed by atoms with Crippen molar-refractivity contribution in [3.8, 4) is 0 Å². The molecular weight excluding hydrogens is 718 g/mol. The number of fused-ring (bicyclic) bond motifs is 8. The number of aromatic amines is 2. The van der Waals surface area contributed by atoms with Gasteiger partial charge >= 0.3 is 23.9 Å². The summed E-state index contributed by atoms with van der Waals surface area (Å²) in [6.07, 6.45) is 3.79. The average Bonchev–Trinajstić information content (AvgIpc) is 3.59. The Hall–Kier alpha value is -3.60. The Labute approximate surface area is 291 Å². The van der Waals surface area contributed by atoms with Crippen LogP contribution in [0.1, 0.15) is 84.6 Å². The minimum atomic E-state index is -1.15. The van der Waals surface area contributed by atoms with Crippen molar-refractivity contribution in [3.05, 3.63) is 82.5 Å². The van der Waals surface area contributed by atoms with Crippen molar-refractivity contribution >= 4 is 92.4 Å². The van der Waals surface area contributed by atoms with Crippen LogP contribution < -0.4 is 35.0 Å². The molecule has 0 unspecified atom stereocenters. The normalized spacial score (nSPS) is 12.2. The second kappa shape index (κ2) is 15.1. The maximum Gasteiger partial charge on any atom is 4.00 e. The fraction of sp³-hybridized carbons (Fsp3) is 0.235. The van der Waals surface area contributed by atoms with Crippen LogP contribution in [0, 0.1) is 13.8 Å². The van der Waals surface area contributed by atoms with Gasteiger partial charge in [-0.3, -0.25) is 0 Å². The van der Waals surface area contributed by atoms with Crippen LogP contribution in [0.25, 0.3) is 56.5 Å². The predicted molar refractivity (Wildman–Crippen MR) is 170 cm³/mol. The number of hydrogen-bond donors (Lipinski definition) is 2. The molecule has 11 heteroatoms. The van der Waals surface area contributed by atoms with Crippen molar-refractivity contribution in [1.82, 2.24) is 19.9 Å². The summed E-state index contributed by atoms with van der Waals surface area (Å²) in [4.78, 5) is 39.7. The summed E-state index contributed by atoms with van der Waals surface area (Å²) >= 11 is 0. The number of carbonyl (C=O) groups excluding carboxylic acids is 2. The number of aromatic nitrogens is 4. The molecule has 2 aliphatic heterocycles. The summed E-state index contributed by atoms with van der Waals surface area (Å²) in [5, 5.41) is 22.8. The molecule has 0 atom stereocenters. The molecule has 5 rings (SSSR count). The molecule has 3 aromatic heterocycles. The van der Waals surface area contributed by atoms with Crippen molar-refractivity contribution in [3.63, 3.8) is 0 Å². The Morgan fingerprint density at radius 3 is 1.44 bits per heavy atom. The standard InChI is InChI=1S/C34H34N4O4.2ClH.Sn/c1-7-21-17(3)25-13-26-19(5)23(9-11-33(39)40)31(37-26)16-32-24(10-12-34(41)42)20(6)28(38-32)15-30-22(8-2)18(4)27(36-30)14-29(21)35-25;;;/h7-8,13-16,35-36H,1-2,9-12H2,3-6H3,(H,39,40)(H,41,42);2*1H;/q;;;+4/p-4.